The number of ether oxygens (including phenoxy) is 3. The maximum absolute atomic E-state index is 15.7. The van der Waals surface area contributed by atoms with Gasteiger partial charge < -0.3 is 24.4 Å². The maximum Gasteiger partial charge on any atom is 0.193 e. The van der Waals surface area contributed by atoms with Crippen LogP contribution < -0.4 is 0 Å². The fourth-order valence-corrected chi connectivity index (χ4v) is 9.10. The fourth-order valence-electron chi connectivity index (χ4n) is 8.03. The van der Waals surface area contributed by atoms with Crippen LogP contribution in [0.15, 0.2) is 23.8 Å². The Balaban J connectivity index is 1.58. The van der Waals surface area contributed by atoms with Crippen LogP contribution in [0, 0.1) is 22.7 Å². The number of ketones is 2. The molecule has 200 valence electrons. The molecule has 5 rings (SSSR count). The lowest BCUT2D eigenvalue weighted by atomic mass is 9.46. The number of rotatable bonds is 1. The molecule has 0 spiro atoms. The van der Waals surface area contributed by atoms with Crippen molar-refractivity contribution in [3.05, 3.63) is 23.8 Å². The summed E-state index contributed by atoms with van der Waals surface area (Å²) in [5.41, 5.74) is -3.01. The Morgan fingerprint density at radius 1 is 1.11 bits per heavy atom. The highest BCUT2D eigenvalue weighted by atomic mass is 79.9. The van der Waals surface area contributed by atoms with E-state index in [4.69, 9.17) is 14.2 Å². The Kier molecular flexibility index (Phi) is 5.93. The third-order valence-electron chi connectivity index (χ3n) is 9.95. The van der Waals surface area contributed by atoms with Crippen molar-refractivity contribution in [1.82, 2.24) is 0 Å². The Bertz CT molecular complexity index is 1060. The molecule has 0 aromatic carbocycles. The van der Waals surface area contributed by atoms with Gasteiger partial charge in [-0.05, 0) is 76.0 Å². The van der Waals surface area contributed by atoms with Crippen molar-refractivity contribution >= 4 is 27.5 Å². The third kappa shape index (κ3) is 3.39. The van der Waals surface area contributed by atoms with E-state index < -0.39 is 63.6 Å². The smallest absolute Gasteiger partial charge is 0.193 e. The third-order valence-corrected chi connectivity index (χ3v) is 11.8. The Morgan fingerprint density at radius 3 is 2.47 bits per heavy atom. The standard InChI is InChI=1S/C27H36BrFO7/c1-22(2)35-21-12-16-17-11-19(29)18-10-15(31)6-7-23(18,3)26(17,28)9-8-24(16,4)27(21,33)20(32)13-34-25(5,14-30)36-22/h6-7,10,16-17,19,21,30,33H,8-9,11-14H2,1-5H3/t16-,17-,19-,21+,23-,24-,25?,26+,27+/m0/s1. The Labute approximate surface area is 219 Å². The topological polar surface area (TPSA) is 102 Å². The number of fused-ring (bicyclic) bond motifs is 7. The summed E-state index contributed by atoms with van der Waals surface area (Å²) in [5, 5.41) is 22.1. The molecule has 0 bridgehead atoms. The number of aliphatic hydroxyl groups is 2. The number of hydrogen-bond donors (Lipinski definition) is 2. The largest absolute Gasteiger partial charge is 0.391 e. The summed E-state index contributed by atoms with van der Waals surface area (Å²) in [5.74, 6) is -3.95. The van der Waals surface area contributed by atoms with Crippen molar-refractivity contribution in [3.63, 3.8) is 0 Å². The summed E-state index contributed by atoms with van der Waals surface area (Å²) in [6.07, 6.45) is 4.13. The van der Waals surface area contributed by atoms with Crippen LogP contribution in [0.5, 0.6) is 0 Å². The van der Waals surface area contributed by atoms with Crippen LogP contribution in [-0.4, -0.2) is 68.8 Å². The summed E-state index contributed by atoms with van der Waals surface area (Å²) in [7, 11) is 0. The second-order valence-electron chi connectivity index (χ2n) is 12.3. The Morgan fingerprint density at radius 2 is 1.81 bits per heavy atom. The molecule has 4 aliphatic carbocycles. The van der Waals surface area contributed by atoms with Gasteiger partial charge >= 0.3 is 0 Å². The van der Waals surface area contributed by atoms with Crippen LogP contribution in [0.3, 0.4) is 0 Å². The molecular formula is C27H36BrFO7. The van der Waals surface area contributed by atoms with Gasteiger partial charge in [-0.15, -0.1) is 0 Å². The van der Waals surface area contributed by atoms with Crippen LogP contribution >= 0.6 is 15.9 Å². The fraction of sp³-hybridized carbons (Fsp3) is 0.778. The molecule has 0 radical (unpaired) electrons. The van der Waals surface area contributed by atoms with E-state index in [1.807, 2.05) is 19.9 Å². The number of Topliss-reactive ketones (excluding diaryl/α,β-unsaturated/α-hetero) is 1. The molecular weight excluding hydrogens is 535 g/mol. The molecule has 1 heterocycles. The zero-order valence-corrected chi connectivity index (χ0v) is 23.1. The predicted molar refractivity (Wildman–Crippen MR) is 132 cm³/mol. The minimum absolute atomic E-state index is 0.185. The van der Waals surface area contributed by atoms with E-state index in [1.165, 1.54) is 19.1 Å². The van der Waals surface area contributed by atoms with Crippen molar-refractivity contribution in [2.24, 2.45) is 22.7 Å². The zero-order chi connectivity index (χ0) is 26.5. The summed E-state index contributed by atoms with van der Waals surface area (Å²) < 4.78 is 33.2. The first-order valence-electron chi connectivity index (χ1n) is 12.7. The van der Waals surface area contributed by atoms with Gasteiger partial charge in [0.05, 0.1) is 12.7 Å². The molecule has 1 saturated heterocycles. The maximum atomic E-state index is 15.7. The minimum atomic E-state index is -1.88. The number of alkyl halides is 2. The van der Waals surface area contributed by atoms with Gasteiger partial charge in [-0.2, -0.15) is 0 Å². The molecule has 5 aliphatic rings. The van der Waals surface area contributed by atoms with E-state index in [-0.39, 0.29) is 24.0 Å². The van der Waals surface area contributed by atoms with Crippen molar-refractivity contribution in [2.75, 3.05) is 13.2 Å². The van der Waals surface area contributed by atoms with Crippen molar-refractivity contribution < 1.29 is 38.4 Å². The van der Waals surface area contributed by atoms with Crippen molar-refractivity contribution in [3.8, 4) is 0 Å². The van der Waals surface area contributed by atoms with E-state index >= 15 is 4.39 Å². The van der Waals surface area contributed by atoms with Crippen LogP contribution in [0.2, 0.25) is 0 Å². The van der Waals surface area contributed by atoms with Gasteiger partial charge in [0.2, 0.25) is 0 Å². The van der Waals surface area contributed by atoms with E-state index in [1.54, 1.807) is 13.8 Å². The zero-order valence-electron chi connectivity index (χ0n) is 21.5. The number of allylic oxidation sites excluding steroid dienone is 4. The molecule has 0 amide bonds. The van der Waals surface area contributed by atoms with Crippen LogP contribution in [0.25, 0.3) is 0 Å². The predicted octanol–water partition coefficient (Wildman–Crippen LogP) is 3.55. The van der Waals surface area contributed by atoms with Crippen molar-refractivity contribution in [2.45, 2.75) is 94.1 Å². The molecule has 9 atom stereocenters. The molecule has 3 saturated carbocycles. The van der Waals surface area contributed by atoms with Gasteiger partial charge in [0.1, 0.15) is 12.8 Å². The monoisotopic (exact) mass is 570 g/mol. The first-order valence-corrected chi connectivity index (χ1v) is 13.5. The van der Waals surface area contributed by atoms with E-state index in [0.717, 1.165) is 0 Å². The molecule has 9 heteroatoms. The molecule has 1 unspecified atom stereocenters. The number of carbonyl (C=O) groups excluding carboxylic acids is 2. The number of carbonyl (C=O) groups is 2. The minimum Gasteiger partial charge on any atom is -0.391 e. The number of aliphatic hydroxyl groups excluding tert-OH is 1. The highest BCUT2D eigenvalue weighted by Crippen LogP contribution is 2.71. The Hall–Kier alpha value is -0.970. The van der Waals surface area contributed by atoms with Crippen molar-refractivity contribution in [1.29, 1.82) is 0 Å². The SMILES string of the molecule is CC1(C)O[C@@H]2C[C@H]3[C@@H]4C[C@H](F)C5=CC(=O)C=C[C@]5(C)[C@@]4(Br)CC[C@]3(C)[C@@]2(O)C(=O)COC(C)(CO)O1. The van der Waals surface area contributed by atoms with E-state index in [0.29, 0.717) is 24.8 Å². The van der Waals surface area contributed by atoms with Gasteiger partial charge in [0.25, 0.3) is 0 Å². The number of hydrogen-bond acceptors (Lipinski definition) is 7. The molecule has 7 nitrogen and oxygen atoms in total. The van der Waals surface area contributed by atoms with Gasteiger partial charge in [-0.3, -0.25) is 9.59 Å². The van der Waals surface area contributed by atoms with Gasteiger partial charge in [0.15, 0.2) is 28.7 Å². The molecule has 4 fully saturated rings. The van der Waals surface area contributed by atoms with Gasteiger partial charge in [-0.25, -0.2) is 4.39 Å². The molecule has 2 N–H and O–H groups in total. The average Bonchev–Trinajstić information content (AvgIpc) is 3.03. The highest BCUT2D eigenvalue weighted by Gasteiger charge is 2.74. The lowest BCUT2D eigenvalue weighted by Gasteiger charge is -2.62. The molecule has 0 aromatic rings. The summed E-state index contributed by atoms with van der Waals surface area (Å²) >= 11 is 4.05. The van der Waals surface area contributed by atoms with Crippen LogP contribution in [0.4, 0.5) is 4.39 Å². The van der Waals surface area contributed by atoms with E-state index in [9.17, 15) is 19.8 Å². The lowest BCUT2D eigenvalue weighted by Crippen LogP contribution is -2.65. The quantitative estimate of drug-likeness (QED) is 0.465. The van der Waals surface area contributed by atoms with Crippen LogP contribution in [-0.2, 0) is 23.8 Å². The second kappa shape index (κ2) is 8.02. The summed E-state index contributed by atoms with van der Waals surface area (Å²) in [6.45, 7) is 7.79. The molecule has 36 heavy (non-hydrogen) atoms. The first kappa shape index (κ1) is 26.6. The normalized spacial score (nSPS) is 52.2. The molecule has 1 aliphatic heterocycles. The van der Waals surface area contributed by atoms with Crippen LogP contribution in [0.1, 0.15) is 60.3 Å². The average molecular weight is 571 g/mol. The lowest BCUT2D eigenvalue weighted by molar-refractivity contribution is -0.356. The number of halogens is 2. The second-order valence-corrected chi connectivity index (χ2v) is 13.8. The molecule has 0 aromatic heterocycles. The van der Waals surface area contributed by atoms with E-state index in [2.05, 4.69) is 15.9 Å². The summed E-state index contributed by atoms with van der Waals surface area (Å²) in [6, 6.07) is 0. The first-order chi connectivity index (χ1) is 16.6. The summed E-state index contributed by atoms with van der Waals surface area (Å²) in [4.78, 5) is 25.8. The highest BCUT2D eigenvalue weighted by molar-refractivity contribution is 9.10. The van der Waals surface area contributed by atoms with Gasteiger partial charge in [0, 0.05) is 15.2 Å². The van der Waals surface area contributed by atoms with Gasteiger partial charge in [-0.1, -0.05) is 35.9 Å².